The molecule has 1 aromatic heterocycles. The molecule has 0 bridgehead atoms. The van der Waals surface area contributed by atoms with Crippen molar-refractivity contribution < 1.29 is 8.42 Å². The Morgan fingerprint density at radius 1 is 1.50 bits per heavy atom. The van der Waals surface area contributed by atoms with Crippen LogP contribution < -0.4 is 4.72 Å². The van der Waals surface area contributed by atoms with Gasteiger partial charge in [0, 0.05) is 6.04 Å². The first-order valence-electron chi connectivity index (χ1n) is 5.52. The summed E-state index contributed by atoms with van der Waals surface area (Å²) < 4.78 is 27.3. The molecule has 0 amide bonds. The van der Waals surface area contributed by atoms with Gasteiger partial charge in [-0.3, -0.25) is 0 Å². The molecule has 104 valence electrons. The van der Waals surface area contributed by atoms with E-state index in [4.69, 9.17) is 11.6 Å². The summed E-state index contributed by atoms with van der Waals surface area (Å²) in [6.45, 7) is 4.31. The van der Waals surface area contributed by atoms with Crippen LogP contribution in [0.1, 0.15) is 19.0 Å². The zero-order valence-electron chi connectivity index (χ0n) is 10.9. The molecule has 1 unspecified atom stereocenters. The number of thiazole rings is 1. The Kier molecular flexibility index (Phi) is 5.54. The molecular weight excluding hydrogens is 294 g/mol. The average molecular weight is 312 g/mol. The molecule has 0 saturated carbocycles. The first kappa shape index (κ1) is 15.8. The standard InChI is InChI=1S/C10H18ClN3O2S2/c1-7(5-6-14(3)4)13-18(15,16)9-8(2)12-10(11)17-9/h7,13H,5-6H2,1-4H3. The van der Waals surface area contributed by atoms with Crippen LogP contribution in [0, 0.1) is 6.92 Å². The van der Waals surface area contributed by atoms with Crippen LogP contribution in [0.15, 0.2) is 4.21 Å². The molecule has 5 nitrogen and oxygen atoms in total. The van der Waals surface area contributed by atoms with Gasteiger partial charge in [-0.05, 0) is 40.9 Å². The molecule has 8 heteroatoms. The van der Waals surface area contributed by atoms with Gasteiger partial charge in [0.25, 0.3) is 10.0 Å². The molecule has 0 aromatic carbocycles. The number of nitrogens with zero attached hydrogens (tertiary/aromatic N) is 2. The first-order chi connectivity index (χ1) is 8.22. The topological polar surface area (TPSA) is 62.3 Å². The van der Waals surface area contributed by atoms with Crippen molar-refractivity contribution in [2.75, 3.05) is 20.6 Å². The molecule has 0 radical (unpaired) electrons. The van der Waals surface area contributed by atoms with Gasteiger partial charge in [0.2, 0.25) is 0 Å². The smallest absolute Gasteiger partial charge is 0.252 e. The highest BCUT2D eigenvalue weighted by Gasteiger charge is 2.23. The quantitative estimate of drug-likeness (QED) is 0.869. The molecule has 0 fully saturated rings. The van der Waals surface area contributed by atoms with Gasteiger partial charge in [-0.2, -0.15) is 0 Å². The van der Waals surface area contributed by atoms with Gasteiger partial charge in [0.05, 0.1) is 5.69 Å². The van der Waals surface area contributed by atoms with Gasteiger partial charge in [-0.25, -0.2) is 18.1 Å². The first-order valence-corrected chi connectivity index (χ1v) is 8.20. The summed E-state index contributed by atoms with van der Waals surface area (Å²) in [7, 11) is 0.391. The molecular formula is C10H18ClN3O2S2. The van der Waals surface area contributed by atoms with E-state index in [1.54, 1.807) is 6.92 Å². The molecule has 0 spiro atoms. The minimum Gasteiger partial charge on any atom is -0.309 e. The van der Waals surface area contributed by atoms with Crippen molar-refractivity contribution in [3.63, 3.8) is 0 Å². The monoisotopic (exact) mass is 311 g/mol. The lowest BCUT2D eigenvalue weighted by Crippen LogP contribution is -2.34. The van der Waals surface area contributed by atoms with E-state index in [1.807, 2.05) is 25.9 Å². The summed E-state index contributed by atoms with van der Waals surface area (Å²) >= 11 is 6.70. The van der Waals surface area contributed by atoms with E-state index in [0.717, 1.165) is 24.3 Å². The SMILES string of the molecule is Cc1nc(Cl)sc1S(=O)(=O)NC(C)CCN(C)C. The fraction of sp³-hybridized carbons (Fsp3) is 0.700. The number of sulfonamides is 1. The van der Waals surface area contributed by atoms with E-state index < -0.39 is 10.0 Å². The van der Waals surface area contributed by atoms with Gasteiger partial charge >= 0.3 is 0 Å². The predicted molar refractivity (Wildman–Crippen MR) is 74.8 cm³/mol. The Bertz CT molecular complexity index is 499. The minimum atomic E-state index is -3.51. The normalized spacial score (nSPS) is 14.1. The lowest BCUT2D eigenvalue weighted by atomic mass is 10.2. The van der Waals surface area contributed by atoms with Crippen molar-refractivity contribution in [3.05, 3.63) is 10.2 Å². The van der Waals surface area contributed by atoms with Crippen molar-refractivity contribution >= 4 is 33.0 Å². The van der Waals surface area contributed by atoms with Gasteiger partial charge in [-0.1, -0.05) is 22.9 Å². The molecule has 1 N–H and O–H groups in total. The predicted octanol–water partition coefficient (Wildman–Crippen LogP) is 1.72. The van der Waals surface area contributed by atoms with Crippen LogP contribution >= 0.6 is 22.9 Å². The number of aryl methyl sites for hydroxylation is 1. The Balaban J connectivity index is 2.73. The van der Waals surface area contributed by atoms with Crippen LogP contribution in [-0.2, 0) is 10.0 Å². The number of halogens is 1. The maximum atomic E-state index is 12.1. The minimum absolute atomic E-state index is 0.127. The molecule has 0 aliphatic carbocycles. The second-order valence-corrected chi connectivity index (χ2v) is 7.94. The van der Waals surface area contributed by atoms with Crippen molar-refractivity contribution in [3.8, 4) is 0 Å². The van der Waals surface area contributed by atoms with Crippen LogP contribution in [0.25, 0.3) is 0 Å². The fourth-order valence-corrected chi connectivity index (χ4v) is 4.46. The number of aromatic nitrogens is 1. The largest absolute Gasteiger partial charge is 0.309 e. The summed E-state index contributed by atoms with van der Waals surface area (Å²) in [5.41, 5.74) is 0.442. The maximum Gasteiger partial charge on any atom is 0.252 e. The number of rotatable bonds is 6. The second kappa shape index (κ2) is 6.29. The van der Waals surface area contributed by atoms with Crippen LogP contribution in [0.2, 0.25) is 4.47 Å². The molecule has 1 atom stereocenters. The number of hydrogen-bond donors (Lipinski definition) is 1. The highest BCUT2D eigenvalue weighted by atomic mass is 35.5. The molecule has 0 saturated heterocycles. The van der Waals surface area contributed by atoms with E-state index in [2.05, 4.69) is 9.71 Å². The summed E-state index contributed by atoms with van der Waals surface area (Å²) in [5, 5.41) is 0. The van der Waals surface area contributed by atoms with E-state index >= 15 is 0 Å². The fourth-order valence-electron chi connectivity index (χ4n) is 1.43. The van der Waals surface area contributed by atoms with Crippen molar-refractivity contribution in [2.24, 2.45) is 0 Å². The Hall–Kier alpha value is -0.210. The third-order valence-corrected chi connectivity index (χ3v) is 5.80. The Labute approximate surface area is 117 Å². The molecule has 1 aromatic rings. The highest BCUT2D eigenvalue weighted by molar-refractivity contribution is 7.91. The van der Waals surface area contributed by atoms with Crippen LogP contribution in [0.4, 0.5) is 0 Å². The van der Waals surface area contributed by atoms with Crippen molar-refractivity contribution in [2.45, 2.75) is 30.5 Å². The lowest BCUT2D eigenvalue weighted by Gasteiger charge is -2.16. The average Bonchev–Trinajstić information content (AvgIpc) is 2.55. The van der Waals surface area contributed by atoms with Gasteiger partial charge < -0.3 is 4.90 Å². The number of hydrogen-bond acceptors (Lipinski definition) is 5. The summed E-state index contributed by atoms with van der Waals surface area (Å²) in [6, 6.07) is -0.127. The molecule has 0 aliphatic heterocycles. The molecule has 18 heavy (non-hydrogen) atoms. The zero-order valence-corrected chi connectivity index (χ0v) is 13.3. The molecule has 0 aliphatic rings. The van der Waals surface area contributed by atoms with Crippen molar-refractivity contribution in [1.82, 2.24) is 14.6 Å². The van der Waals surface area contributed by atoms with Crippen LogP contribution in [0.3, 0.4) is 0 Å². The highest BCUT2D eigenvalue weighted by Crippen LogP contribution is 2.26. The van der Waals surface area contributed by atoms with Gasteiger partial charge in [-0.15, -0.1) is 0 Å². The Morgan fingerprint density at radius 2 is 2.11 bits per heavy atom. The summed E-state index contributed by atoms with van der Waals surface area (Å²) in [5.74, 6) is 0. The second-order valence-electron chi connectivity index (χ2n) is 4.45. The zero-order chi connectivity index (χ0) is 13.9. The summed E-state index contributed by atoms with van der Waals surface area (Å²) in [6.07, 6.45) is 0.748. The third-order valence-electron chi connectivity index (χ3n) is 2.34. The molecule has 1 heterocycles. The van der Waals surface area contributed by atoms with Crippen LogP contribution in [-0.4, -0.2) is 45.0 Å². The van der Waals surface area contributed by atoms with E-state index in [1.165, 1.54) is 0 Å². The van der Waals surface area contributed by atoms with Crippen LogP contribution in [0.5, 0.6) is 0 Å². The van der Waals surface area contributed by atoms with E-state index in [0.29, 0.717) is 5.69 Å². The lowest BCUT2D eigenvalue weighted by molar-refractivity contribution is 0.379. The van der Waals surface area contributed by atoms with E-state index in [-0.39, 0.29) is 14.7 Å². The number of nitrogens with one attached hydrogen (secondary N) is 1. The maximum absolute atomic E-state index is 12.1. The van der Waals surface area contributed by atoms with Crippen molar-refractivity contribution in [1.29, 1.82) is 0 Å². The summed E-state index contributed by atoms with van der Waals surface area (Å²) in [4.78, 5) is 5.93. The third kappa shape index (κ3) is 4.47. The molecule has 1 rings (SSSR count). The Morgan fingerprint density at radius 3 is 2.56 bits per heavy atom. The van der Waals surface area contributed by atoms with Gasteiger partial charge in [0.15, 0.2) is 8.68 Å². The van der Waals surface area contributed by atoms with Gasteiger partial charge in [0.1, 0.15) is 0 Å². The van der Waals surface area contributed by atoms with E-state index in [9.17, 15) is 8.42 Å².